The number of rotatable bonds is 4. The van der Waals surface area contributed by atoms with Crippen LogP contribution in [0, 0.1) is 0 Å². The van der Waals surface area contributed by atoms with E-state index in [2.05, 4.69) is 8.62 Å². The van der Waals surface area contributed by atoms with E-state index in [1.807, 2.05) is 0 Å². The quantitative estimate of drug-likeness (QED) is 0.626. The summed E-state index contributed by atoms with van der Waals surface area (Å²) in [6, 6.07) is 0. The summed E-state index contributed by atoms with van der Waals surface area (Å²) in [5, 5.41) is 0. The van der Waals surface area contributed by atoms with Gasteiger partial charge in [0.25, 0.3) is 0 Å². The summed E-state index contributed by atoms with van der Waals surface area (Å²) in [4.78, 5) is 24.0. The fraction of sp³-hybridized carbons (Fsp3) is 0. The van der Waals surface area contributed by atoms with Gasteiger partial charge in [0, 0.05) is 26.2 Å². The summed E-state index contributed by atoms with van der Waals surface area (Å²) in [6.45, 7) is 0. The van der Waals surface area contributed by atoms with Crippen molar-refractivity contribution in [2.24, 2.45) is 0 Å². The molecule has 0 aliphatic rings. The van der Waals surface area contributed by atoms with Crippen molar-refractivity contribution in [1.29, 1.82) is 0 Å². The van der Waals surface area contributed by atoms with Gasteiger partial charge in [-0.3, -0.25) is 9.13 Å². The Kier molecular flexibility index (Phi) is 11.2. The van der Waals surface area contributed by atoms with E-state index in [1.165, 1.54) is 0 Å². The molecule has 0 heterocycles. The molecule has 11 heavy (non-hydrogen) atoms. The topological polar surface area (TPSA) is 113 Å². The van der Waals surface area contributed by atoms with Crippen molar-refractivity contribution >= 4 is 25.1 Å². The fourth-order valence-electron chi connectivity index (χ4n) is 0.157. The second kappa shape index (κ2) is 8.18. The van der Waals surface area contributed by atoms with E-state index in [0.717, 1.165) is 0 Å². The van der Waals surface area contributed by atoms with Gasteiger partial charge in [-0.25, -0.2) is 8.62 Å². The molecule has 0 amide bonds. The van der Waals surface area contributed by atoms with E-state index in [1.54, 1.807) is 0 Å². The summed E-state index contributed by atoms with van der Waals surface area (Å²) >= 11 is 0. The van der Waals surface area contributed by atoms with Crippen LogP contribution in [0.3, 0.4) is 0 Å². The average Bonchev–Trinajstić information content (AvgIpc) is 1.58. The molecule has 0 rings (SSSR count). The SMILES string of the molecule is O=[PH](O)O[PH](=O)OP(O)O.[Zr]. The summed E-state index contributed by atoms with van der Waals surface area (Å²) in [5.74, 6) is 0. The van der Waals surface area contributed by atoms with E-state index in [-0.39, 0.29) is 26.2 Å². The molecule has 7 nitrogen and oxygen atoms in total. The zero-order valence-electron chi connectivity index (χ0n) is 4.92. The van der Waals surface area contributed by atoms with Gasteiger partial charge in [0.15, 0.2) is 0 Å². The van der Waals surface area contributed by atoms with Crippen LogP contribution in [-0.2, 0) is 44.0 Å². The van der Waals surface area contributed by atoms with Gasteiger partial charge in [-0.2, -0.15) is 0 Å². The first kappa shape index (κ1) is 15.1. The van der Waals surface area contributed by atoms with E-state index >= 15 is 0 Å². The van der Waals surface area contributed by atoms with E-state index < -0.39 is 25.1 Å². The largest absolute Gasteiger partial charge is 0.334 e. The normalized spacial score (nSPS) is 15.6. The Labute approximate surface area is 83.7 Å². The third kappa shape index (κ3) is 11.6. The van der Waals surface area contributed by atoms with Gasteiger partial charge in [-0.05, 0) is 0 Å². The second-order valence-electron chi connectivity index (χ2n) is 0.962. The third-order valence-electron chi connectivity index (χ3n) is 0.327. The van der Waals surface area contributed by atoms with Gasteiger partial charge in [0.1, 0.15) is 0 Å². The number of hydrogen-bond donors (Lipinski definition) is 3. The van der Waals surface area contributed by atoms with Crippen molar-refractivity contribution in [2.75, 3.05) is 0 Å². The van der Waals surface area contributed by atoms with Crippen LogP contribution < -0.4 is 0 Å². The Balaban J connectivity index is 0. The smallest absolute Gasteiger partial charge is 0.328 e. The Bertz CT molecular complexity index is 143. The molecule has 2 unspecified atom stereocenters. The molecule has 0 fully saturated rings. The molecule has 0 aromatic heterocycles. The minimum Gasteiger partial charge on any atom is -0.328 e. The maximum Gasteiger partial charge on any atom is 0.334 e. The van der Waals surface area contributed by atoms with Gasteiger partial charge in [-0.1, -0.05) is 0 Å². The van der Waals surface area contributed by atoms with Crippen LogP contribution in [0.4, 0.5) is 0 Å². The first-order valence-electron chi connectivity index (χ1n) is 1.83. The van der Waals surface area contributed by atoms with Gasteiger partial charge >= 0.3 is 25.1 Å². The van der Waals surface area contributed by atoms with Crippen LogP contribution in [0.2, 0.25) is 0 Å². The molecule has 0 bridgehead atoms. The van der Waals surface area contributed by atoms with E-state index in [0.29, 0.717) is 0 Å². The minimum atomic E-state index is -3.33. The van der Waals surface area contributed by atoms with Crippen molar-refractivity contribution in [2.45, 2.75) is 0 Å². The fourth-order valence-corrected chi connectivity index (χ4v) is 1.74. The molecule has 0 radical (unpaired) electrons. The van der Waals surface area contributed by atoms with Crippen molar-refractivity contribution in [3.63, 3.8) is 0 Å². The molecule has 11 heteroatoms. The van der Waals surface area contributed by atoms with Gasteiger partial charge in [0.2, 0.25) is 0 Å². The van der Waals surface area contributed by atoms with Crippen molar-refractivity contribution in [3.05, 3.63) is 0 Å². The molecule has 0 saturated carbocycles. The summed E-state index contributed by atoms with van der Waals surface area (Å²) in [7, 11) is -9.36. The van der Waals surface area contributed by atoms with E-state index in [4.69, 9.17) is 14.7 Å². The second-order valence-corrected chi connectivity index (χ2v) is 4.05. The molecular formula is H5O7P3Zr. The van der Waals surface area contributed by atoms with Crippen molar-refractivity contribution in [1.82, 2.24) is 0 Å². The first-order valence-corrected chi connectivity index (χ1v) is 5.48. The van der Waals surface area contributed by atoms with E-state index in [9.17, 15) is 9.13 Å². The van der Waals surface area contributed by atoms with Gasteiger partial charge < -0.3 is 14.7 Å². The van der Waals surface area contributed by atoms with Crippen molar-refractivity contribution < 1.29 is 58.6 Å². The molecule has 0 aromatic carbocycles. The molecule has 2 atom stereocenters. The van der Waals surface area contributed by atoms with Crippen LogP contribution in [0.1, 0.15) is 0 Å². The van der Waals surface area contributed by atoms with Crippen LogP contribution in [-0.4, -0.2) is 14.7 Å². The third-order valence-corrected chi connectivity index (χ3v) is 2.94. The van der Waals surface area contributed by atoms with Crippen LogP contribution in [0.5, 0.6) is 0 Å². The molecule has 0 aliphatic carbocycles. The molecule has 0 aromatic rings. The Morgan fingerprint density at radius 3 is 2.00 bits per heavy atom. The zero-order valence-corrected chi connectivity index (χ0v) is 10.3. The Hall–Kier alpha value is 1.57. The standard InChI is InChI=1S/H5O7P3.Zr/c1-8(2)6-10(5)7-9(3)4;/h1-2,9-10H,(H,3,4);. The summed E-state index contributed by atoms with van der Waals surface area (Å²) in [5.41, 5.74) is 0. The van der Waals surface area contributed by atoms with Gasteiger partial charge in [-0.15, -0.1) is 0 Å². The molecule has 0 aliphatic heterocycles. The Morgan fingerprint density at radius 1 is 1.27 bits per heavy atom. The molecule has 0 saturated heterocycles. The Morgan fingerprint density at radius 2 is 1.73 bits per heavy atom. The summed E-state index contributed by atoms with van der Waals surface area (Å²) < 4.78 is 27.3. The molecular weight excluding hydrogens is 296 g/mol. The minimum absolute atomic E-state index is 0. The maximum atomic E-state index is 10.2. The molecule has 0 spiro atoms. The first-order chi connectivity index (χ1) is 4.52. The number of hydrogen-bond acceptors (Lipinski definition) is 6. The molecule has 3 N–H and O–H groups in total. The van der Waals surface area contributed by atoms with Gasteiger partial charge in [0.05, 0.1) is 0 Å². The van der Waals surface area contributed by atoms with Crippen molar-refractivity contribution in [3.8, 4) is 0 Å². The van der Waals surface area contributed by atoms with Crippen LogP contribution >= 0.6 is 25.1 Å². The summed E-state index contributed by atoms with van der Waals surface area (Å²) in [6.07, 6.45) is 0. The average molecular weight is 301 g/mol. The monoisotopic (exact) mass is 300 g/mol. The van der Waals surface area contributed by atoms with Crippen LogP contribution in [0.25, 0.3) is 0 Å². The molecule has 66 valence electrons. The predicted octanol–water partition coefficient (Wildman–Crippen LogP) is 0.000300. The maximum absolute atomic E-state index is 10.2. The zero-order chi connectivity index (χ0) is 8.15. The van der Waals surface area contributed by atoms with Crippen LogP contribution in [0.15, 0.2) is 0 Å². The predicted molar refractivity (Wildman–Crippen MR) is 33.7 cm³/mol.